The molecule has 0 saturated carbocycles. The van der Waals surface area contributed by atoms with E-state index < -0.39 is 10.1 Å². The normalized spacial score (nSPS) is 11.2. The molecule has 0 aliphatic carbocycles. The summed E-state index contributed by atoms with van der Waals surface area (Å²) in [5.41, 5.74) is 4.36. The first kappa shape index (κ1) is 15.3. The highest BCUT2D eigenvalue weighted by molar-refractivity contribution is 7.86. The highest BCUT2D eigenvalue weighted by Gasteiger charge is 2.08. The molecule has 0 saturated heterocycles. The predicted molar refractivity (Wildman–Crippen MR) is 92.8 cm³/mol. The third-order valence-electron chi connectivity index (χ3n) is 3.42. The summed E-state index contributed by atoms with van der Waals surface area (Å²) < 4.78 is 27.2. The van der Waals surface area contributed by atoms with Crippen molar-refractivity contribution in [2.45, 2.75) is 0 Å². The van der Waals surface area contributed by atoms with Crippen molar-refractivity contribution < 1.29 is 12.6 Å². The van der Waals surface area contributed by atoms with Gasteiger partial charge in [0.25, 0.3) is 0 Å². The third kappa shape index (κ3) is 3.79. The van der Waals surface area contributed by atoms with Crippen LogP contribution in [0.3, 0.4) is 0 Å². The van der Waals surface area contributed by atoms with Gasteiger partial charge in [-0.05, 0) is 34.4 Å². The quantitative estimate of drug-likeness (QED) is 0.670. The largest absolute Gasteiger partial charge is 0.383 e. The maximum Gasteiger partial charge on any atom is 0.306 e. The Labute approximate surface area is 136 Å². The molecule has 0 fully saturated rings. The Bertz CT molecular complexity index is 899. The Hall–Kier alpha value is -2.59. The molecule has 0 heterocycles. The van der Waals surface area contributed by atoms with Gasteiger partial charge < -0.3 is 4.18 Å². The van der Waals surface area contributed by atoms with Crippen LogP contribution in [-0.4, -0.2) is 14.7 Å². The van der Waals surface area contributed by atoms with Crippen LogP contribution in [0.5, 0.6) is 5.75 Å². The summed E-state index contributed by atoms with van der Waals surface area (Å²) in [6.45, 7) is 0. The lowest BCUT2D eigenvalue weighted by molar-refractivity contribution is 0.493. The molecular weight excluding hydrogens is 308 g/mol. The number of hydrogen-bond donors (Lipinski definition) is 0. The molecule has 3 rings (SSSR count). The first-order valence-corrected chi connectivity index (χ1v) is 8.99. The van der Waals surface area contributed by atoms with Gasteiger partial charge in [-0.3, -0.25) is 0 Å². The van der Waals surface area contributed by atoms with Crippen molar-refractivity contribution in [2.75, 3.05) is 6.26 Å². The minimum Gasteiger partial charge on any atom is -0.383 e. The molecule has 0 unspecified atom stereocenters. The zero-order chi connectivity index (χ0) is 16.3. The Morgan fingerprint density at radius 2 is 1.13 bits per heavy atom. The van der Waals surface area contributed by atoms with E-state index >= 15 is 0 Å². The molecule has 0 radical (unpaired) electrons. The number of benzene rings is 3. The van der Waals surface area contributed by atoms with Crippen LogP contribution in [0.15, 0.2) is 78.9 Å². The van der Waals surface area contributed by atoms with Crippen molar-refractivity contribution in [3.8, 4) is 28.0 Å². The van der Waals surface area contributed by atoms with Gasteiger partial charge in [0.1, 0.15) is 5.75 Å². The number of rotatable bonds is 4. The van der Waals surface area contributed by atoms with E-state index in [1.54, 1.807) is 12.1 Å². The summed E-state index contributed by atoms with van der Waals surface area (Å²) in [5.74, 6) is 0.313. The summed E-state index contributed by atoms with van der Waals surface area (Å²) >= 11 is 0. The van der Waals surface area contributed by atoms with Gasteiger partial charge in [-0.2, -0.15) is 8.42 Å². The van der Waals surface area contributed by atoms with Crippen LogP contribution in [0.1, 0.15) is 0 Å². The summed E-state index contributed by atoms with van der Waals surface area (Å²) in [6, 6.07) is 25.3. The van der Waals surface area contributed by atoms with Gasteiger partial charge in [0.2, 0.25) is 0 Å². The first-order chi connectivity index (χ1) is 11.0. The lowest BCUT2D eigenvalue weighted by atomic mass is 9.95. The lowest BCUT2D eigenvalue weighted by Gasteiger charge is -2.11. The summed E-state index contributed by atoms with van der Waals surface area (Å²) in [4.78, 5) is 0. The van der Waals surface area contributed by atoms with Crippen molar-refractivity contribution in [3.05, 3.63) is 78.9 Å². The topological polar surface area (TPSA) is 43.4 Å². The Kier molecular flexibility index (Phi) is 4.17. The second kappa shape index (κ2) is 6.26. The third-order valence-corrected chi connectivity index (χ3v) is 3.92. The van der Waals surface area contributed by atoms with E-state index in [4.69, 9.17) is 4.18 Å². The van der Waals surface area contributed by atoms with E-state index in [0.717, 1.165) is 28.5 Å². The van der Waals surface area contributed by atoms with Crippen LogP contribution >= 0.6 is 0 Å². The van der Waals surface area contributed by atoms with Crippen molar-refractivity contribution in [1.29, 1.82) is 0 Å². The SMILES string of the molecule is CS(=O)(=O)Oc1ccc(-c2ccccc2-c2ccccc2)cc1. The summed E-state index contributed by atoms with van der Waals surface area (Å²) in [6.07, 6.45) is 1.03. The van der Waals surface area contributed by atoms with Crippen LogP contribution in [-0.2, 0) is 10.1 Å². The van der Waals surface area contributed by atoms with E-state index in [0.29, 0.717) is 5.75 Å². The molecule has 0 N–H and O–H groups in total. The zero-order valence-electron chi connectivity index (χ0n) is 12.6. The molecule has 0 aromatic heterocycles. The van der Waals surface area contributed by atoms with E-state index in [2.05, 4.69) is 24.3 Å². The first-order valence-electron chi connectivity index (χ1n) is 7.17. The standard InChI is InChI=1S/C19H16O3S/c1-23(20,21)22-17-13-11-16(12-14-17)19-10-6-5-9-18(19)15-7-3-2-4-8-15/h2-14H,1H3. The van der Waals surface area contributed by atoms with Gasteiger partial charge >= 0.3 is 10.1 Å². The van der Waals surface area contributed by atoms with Gasteiger partial charge in [-0.1, -0.05) is 66.7 Å². The lowest BCUT2D eigenvalue weighted by Crippen LogP contribution is -2.05. The number of hydrogen-bond acceptors (Lipinski definition) is 3. The fourth-order valence-electron chi connectivity index (χ4n) is 2.47. The van der Waals surface area contributed by atoms with Crippen molar-refractivity contribution in [2.24, 2.45) is 0 Å². The molecule has 3 aromatic rings. The molecule has 0 aliphatic rings. The smallest absolute Gasteiger partial charge is 0.306 e. The molecular formula is C19H16O3S. The van der Waals surface area contributed by atoms with E-state index in [1.807, 2.05) is 42.5 Å². The zero-order valence-corrected chi connectivity index (χ0v) is 13.5. The van der Waals surface area contributed by atoms with Gasteiger partial charge in [0, 0.05) is 0 Å². The Morgan fingerprint density at radius 1 is 0.652 bits per heavy atom. The maximum atomic E-state index is 11.2. The Morgan fingerprint density at radius 3 is 1.65 bits per heavy atom. The van der Waals surface area contributed by atoms with Crippen LogP contribution in [0.2, 0.25) is 0 Å². The van der Waals surface area contributed by atoms with Gasteiger partial charge in [-0.15, -0.1) is 0 Å². The van der Waals surface area contributed by atoms with Crippen molar-refractivity contribution in [1.82, 2.24) is 0 Å². The van der Waals surface area contributed by atoms with Crippen LogP contribution < -0.4 is 4.18 Å². The highest BCUT2D eigenvalue weighted by atomic mass is 32.2. The predicted octanol–water partition coefficient (Wildman–Crippen LogP) is 4.36. The molecule has 3 nitrogen and oxygen atoms in total. The summed E-state index contributed by atoms with van der Waals surface area (Å²) in [5, 5.41) is 0. The van der Waals surface area contributed by atoms with E-state index in [1.165, 1.54) is 0 Å². The second-order valence-corrected chi connectivity index (χ2v) is 6.80. The molecule has 0 amide bonds. The molecule has 4 heteroatoms. The van der Waals surface area contributed by atoms with Crippen LogP contribution in [0.25, 0.3) is 22.3 Å². The molecule has 116 valence electrons. The molecule has 3 aromatic carbocycles. The van der Waals surface area contributed by atoms with Gasteiger partial charge in [-0.25, -0.2) is 0 Å². The van der Waals surface area contributed by atoms with Crippen molar-refractivity contribution in [3.63, 3.8) is 0 Å². The second-order valence-electron chi connectivity index (χ2n) is 5.22. The fraction of sp³-hybridized carbons (Fsp3) is 0.0526. The summed E-state index contributed by atoms with van der Waals surface area (Å²) in [7, 11) is -3.51. The van der Waals surface area contributed by atoms with Crippen LogP contribution in [0.4, 0.5) is 0 Å². The molecule has 0 bridgehead atoms. The Balaban J connectivity index is 2.00. The minimum atomic E-state index is -3.51. The van der Waals surface area contributed by atoms with Gasteiger partial charge in [0.05, 0.1) is 6.26 Å². The molecule has 0 spiro atoms. The van der Waals surface area contributed by atoms with Crippen LogP contribution in [0, 0.1) is 0 Å². The average Bonchev–Trinajstić information content (AvgIpc) is 2.55. The van der Waals surface area contributed by atoms with Gasteiger partial charge in [0.15, 0.2) is 0 Å². The van der Waals surface area contributed by atoms with E-state index in [9.17, 15) is 8.42 Å². The average molecular weight is 324 g/mol. The maximum absolute atomic E-state index is 11.2. The molecule has 0 atom stereocenters. The van der Waals surface area contributed by atoms with E-state index in [-0.39, 0.29) is 0 Å². The van der Waals surface area contributed by atoms with Crippen molar-refractivity contribution >= 4 is 10.1 Å². The molecule has 23 heavy (non-hydrogen) atoms. The fourth-order valence-corrected chi connectivity index (χ4v) is 2.93. The molecule has 0 aliphatic heterocycles. The monoisotopic (exact) mass is 324 g/mol. The highest BCUT2D eigenvalue weighted by Crippen LogP contribution is 2.32. The minimum absolute atomic E-state index is 0.313.